The average molecular weight is 308 g/mol. The summed E-state index contributed by atoms with van der Waals surface area (Å²) in [5.41, 5.74) is 0. The molecule has 0 amide bonds. The number of nitrogens with one attached hydrogen (secondary N) is 1. The van der Waals surface area contributed by atoms with Gasteiger partial charge in [0.15, 0.2) is 0 Å². The number of hydrogen-bond donors (Lipinski definition) is 2. The monoisotopic (exact) mass is 308 g/mol. The average Bonchev–Trinajstić information content (AvgIpc) is 3.07. The minimum Gasteiger partial charge on any atom is -0.389 e. The molecule has 2 N–H and O–H groups in total. The van der Waals surface area contributed by atoms with Crippen molar-refractivity contribution in [1.82, 2.24) is 19.8 Å². The second-order valence-corrected chi connectivity index (χ2v) is 6.79. The first kappa shape index (κ1) is 15.9. The van der Waals surface area contributed by atoms with Gasteiger partial charge in [0.1, 0.15) is 5.82 Å². The maximum atomic E-state index is 10.5. The first-order chi connectivity index (χ1) is 10.6. The molecule has 6 nitrogen and oxygen atoms in total. The predicted molar refractivity (Wildman–Crippen MR) is 84.4 cm³/mol. The van der Waals surface area contributed by atoms with Gasteiger partial charge in [-0.2, -0.15) is 0 Å². The van der Waals surface area contributed by atoms with Crippen molar-refractivity contribution in [2.75, 3.05) is 26.2 Å². The molecule has 3 heterocycles. The van der Waals surface area contributed by atoms with Crippen LogP contribution in [0.15, 0.2) is 12.4 Å². The van der Waals surface area contributed by atoms with Crippen molar-refractivity contribution in [1.29, 1.82) is 0 Å². The Kier molecular flexibility index (Phi) is 5.13. The maximum Gasteiger partial charge on any atom is 0.122 e. The lowest BCUT2D eigenvalue weighted by Crippen LogP contribution is -2.46. The fraction of sp³-hybridized carbons (Fsp3) is 0.812. The van der Waals surface area contributed by atoms with Crippen LogP contribution in [0, 0.1) is 5.92 Å². The predicted octanol–water partition coefficient (Wildman–Crippen LogP) is 0.370. The standard InChI is InChI=1S/C16H28N4O2/c1-12-3-6-20(7-4-12)10-14-16(21)13(11-22-14)18-9-15-17-5-8-19(15)2/h5,8,12-14,16,18,21H,3-4,6-7,9-11H2,1-2H3/t13-,14-,16+/m0/s1. The van der Waals surface area contributed by atoms with Gasteiger partial charge in [-0.25, -0.2) is 4.98 Å². The minimum atomic E-state index is -0.445. The molecule has 1 aromatic rings. The molecule has 2 aliphatic rings. The van der Waals surface area contributed by atoms with Crippen molar-refractivity contribution >= 4 is 0 Å². The Bertz CT molecular complexity index is 470. The molecule has 1 aromatic heterocycles. The van der Waals surface area contributed by atoms with Crippen molar-refractivity contribution in [3.8, 4) is 0 Å². The zero-order valence-corrected chi connectivity index (χ0v) is 13.6. The number of ether oxygens (including phenoxy) is 1. The first-order valence-electron chi connectivity index (χ1n) is 8.35. The van der Waals surface area contributed by atoms with Gasteiger partial charge in [0, 0.05) is 26.0 Å². The largest absolute Gasteiger partial charge is 0.389 e. The molecule has 2 saturated heterocycles. The van der Waals surface area contributed by atoms with Crippen LogP contribution < -0.4 is 5.32 Å². The highest BCUT2D eigenvalue weighted by Gasteiger charge is 2.37. The van der Waals surface area contributed by atoms with E-state index in [1.807, 2.05) is 17.8 Å². The third-order valence-electron chi connectivity index (χ3n) is 5.04. The highest BCUT2D eigenvalue weighted by atomic mass is 16.5. The Balaban J connectivity index is 1.45. The van der Waals surface area contributed by atoms with Gasteiger partial charge in [0.05, 0.1) is 31.4 Å². The molecule has 0 bridgehead atoms. The van der Waals surface area contributed by atoms with E-state index in [0.717, 1.165) is 31.4 Å². The van der Waals surface area contributed by atoms with Gasteiger partial charge in [0.2, 0.25) is 0 Å². The second-order valence-electron chi connectivity index (χ2n) is 6.79. The van der Waals surface area contributed by atoms with E-state index >= 15 is 0 Å². The molecule has 0 aromatic carbocycles. The summed E-state index contributed by atoms with van der Waals surface area (Å²) in [5.74, 6) is 1.80. The van der Waals surface area contributed by atoms with Crippen LogP contribution in [0.1, 0.15) is 25.6 Å². The van der Waals surface area contributed by atoms with Crippen molar-refractivity contribution < 1.29 is 9.84 Å². The minimum absolute atomic E-state index is 0.00888. The highest BCUT2D eigenvalue weighted by molar-refractivity contribution is 4.95. The van der Waals surface area contributed by atoms with E-state index in [4.69, 9.17) is 4.74 Å². The maximum absolute atomic E-state index is 10.5. The number of aromatic nitrogens is 2. The SMILES string of the molecule is CC1CCN(C[C@@H]2OC[C@H](NCc3nccn3C)[C@H]2O)CC1. The van der Waals surface area contributed by atoms with Gasteiger partial charge in [-0.15, -0.1) is 0 Å². The van der Waals surface area contributed by atoms with Gasteiger partial charge < -0.3 is 24.6 Å². The Labute approximate surface area is 132 Å². The zero-order chi connectivity index (χ0) is 15.5. The van der Waals surface area contributed by atoms with Gasteiger partial charge in [0.25, 0.3) is 0 Å². The molecule has 3 rings (SSSR count). The second kappa shape index (κ2) is 7.08. The third-order valence-corrected chi connectivity index (χ3v) is 5.04. The van der Waals surface area contributed by atoms with Gasteiger partial charge in [-0.05, 0) is 31.8 Å². The number of aryl methyl sites for hydroxylation is 1. The number of aliphatic hydroxyl groups excluding tert-OH is 1. The third kappa shape index (κ3) is 3.68. The summed E-state index contributed by atoms with van der Waals surface area (Å²) < 4.78 is 7.81. The van der Waals surface area contributed by atoms with Crippen molar-refractivity contribution in [3.05, 3.63) is 18.2 Å². The Morgan fingerprint density at radius 1 is 1.41 bits per heavy atom. The molecule has 0 aliphatic carbocycles. The molecule has 2 aliphatic heterocycles. The molecule has 6 heteroatoms. The zero-order valence-electron chi connectivity index (χ0n) is 13.6. The van der Waals surface area contributed by atoms with Crippen LogP contribution in [0.3, 0.4) is 0 Å². The van der Waals surface area contributed by atoms with E-state index in [1.165, 1.54) is 12.8 Å². The Morgan fingerprint density at radius 3 is 2.86 bits per heavy atom. The molecule has 0 spiro atoms. The van der Waals surface area contributed by atoms with Crippen molar-refractivity contribution in [3.63, 3.8) is 0 Å². The van der Waals surface area contributed by atoms with Crippen LogP contribution in [0.4, 0.5) is 0 Å². The van der Waals surface area contributed by atoms with E-state index in [1.54, 1.807) is 6.20 Å². The molecule has 0 unspecified atom stereocenters. The van der Waals surface area contributed by atoms with Crippen LogP contribution in [-0.4, -0.2) is 64.0 Å². The number of hydrogen-bond acceptors (Lipinski definition) is 5. The Hall–Kier alpha value is -0.950. The Morgan fingerprint density at radius 2 is 2.18 bits per heavy atom. The number of imidazole rings is 1. The molecule has 22 heavy (non-hydrogen) atoms. The fourth-order valence-corrected chi connectivity index (χ4v) is 3.31. The van der Waals surface area contributed by atoms with E-state index in [9.17, 15) is 5.11 Å². The summed E-state index contributed by atoms with van der Waals surface area (Å²) in [4.78, 5) is 6.72. The van der Waals surface area contributed by atoms with Gasteiger partial charge in [-0.1, -0.05) is 6.92 Å². The summed E-state index contributed by atoms with van der Waals surface area (Å²) in [5, 5.41) is 13.9. The fourth-order valence-electron chi connectivity index (χ4n) is 3.31. The van der Waals surface area contributed by atoms with Crippen molar-refractivity contribution in [2.45, 2.75) is 44.6 Å². The van der Waals surface area contributed by atoms with Crippen LogP contribution >= 0.6 is 0 Å². The number of nitrogens with zero attached hydrogens (tertiary/aromatic N) is 3. The summed E-state index contributed by atoms with van der Waals surface area (Å²) in [6.45, 7) is 6.63. The summed E-state index contributed by atoms with van der Waals surface area (Å²) in [7, 11) is 1.98. The molecule has 124 valence electrons. The molecular formula is C16H28N4O2. The van der Waals surface area contributed by atoms with E-state index < -0.39 is 6.10 Å². The summed E-state index contributed by atoms with van der Waals surface area (Å²) >= 11 is 0. The summed E-state index contributed by atoms with van der Waals surface area (Å²) in [6, 6.07) is -0.00888. The molecular weight excluding hydrogens is 280 g/mol. The topological polar surface area (TPSA) is 62.5 Å². The molecule has 3 atom stereocenters. The lowest BCUT2D eigenvalue weighted by Gasteiger charge is -2.32. The van der Waals surface area contributed by atoms with Crippen LogP contribution in [0.5, 0.6) is 0 Å². The number of likely N-dealkylation sites (tertiary alicyclic amines) is 1. The smallest absolute Gasteiger partial charge is 0.122 e. The number of rotatable bonds is 5. The van der Waals surface area contributed by atoms with Gasteiger partial charge >= 0.3 is 0 Å². The molecule has 2 fully saturated rings. The number of piperidine rings is 1. The lowest BCUT2D eigenvalue weighted by atomic mass is 9.98. The first-order valence-corrected chi connectivity index (χ1v) is 8.35. The quantitative estimate of drug-likeness (QED) is 0.823. The highest BCUT2D eigenvalue weighted by Crippen LogP contribution is 2.20. The van der Waals surface area contributed by atoms with Gasteiger partial charge in [-0.3, -0.25) is 0 Å². The van der Waals surface area contributed by atoms with Crippen LogP contribution in [0.25, 0.3) is 0 Å². The lowest BCUT2D eigenvalue weighted by molar-refractivity contribution is 0.00857. The van der Waals surface area contributed by atoms with E-state index in [0.29, 0.717) is 13.2 Å². The normalized spacial score (nSPS) is 31.0. The van der Waals surface area contributed by atoms with E-state index in [-0.39, 0.29) is 12.1 Å². The van der Waals surface area contributed by atoms with E-state index in [2.05, 4.69) is 22.1 Å². The van der Waals surface area contributed by atoms with Crippen molar-refractivity contribution in [2.24, 2.45) is 13.0 Å². The summed E-state index contributed by atoms with van der Waals surface area (Å²) in [6.07, 6.45) is 5.71. The molecule has 0 radical (unpaired) electrons. The van der Waals surface area contributed by atoms with Crippen LogP contribution in [0.2, 0.25) is 0 Å². The number of aliphatic hydroxyl groups is 1. The molecule has 0 saturated carbocycles. The van der Waals surface area contributed by atoms with Crippen LogP contribution in [-0.2, 0) is 18.3 Å².